The second-order valence-electron chi connectivity index (χ2n) is 4.02. The van der Waals surface area contributed by atoms with Crippen molar-refractivity contribution in [2.75, 3.05) is 11.6 Å². The monoisotopic (exact) mass is 263 g/mol. The maximum absolute atomic E-state index is 3.48. The van der Waals surface area contributed by atoms with Gasteiger partial charge in [0.25, 0.3) is 0 Å². The zero-order valence-electron chi connectivity index (χ0n) is 10.4. The summed E-state index contributed by atoms with van der Waals surface area (Å²) in [5.41, 5.74) is 2.60. The van der Waals surface area contributed by atoms with Crippen LogP contribution in [0.5, 0.6) is 0 Å². The van der Waals surface area contributed by atoms with Crippen molar-refractivity contribution in [3.63, 3.8) is 0 Å². The van der Waals surface area contributed by atoms with E-state index in [0.29, 0.717) is 0 Å². The summed E-state index contributed by atoms with van der Waals surface area (Å²) in [5.74, 6) is 0. The van der Waals surface area contributed by atoms with Gasteiger partial charge in [-0.1, -0.05) is 6.07 Å². The Morgan fingerprint density at radius 2 is 2.06 bits per heavy atom. The lowest BCUT2D eigenvalue weighted by Crippen LogP contribution is -1.99. The fourth-order valence-electron chi connectivity index (χ4n) is 1.79. The number of benzene rings is 1. The second kappa shape index (κ2) is 5.61. The average Bonchev–Trinajstić information content (AvgIpc) is 2.65. The number of nitrogens with one attached hydrogen (secondary N) is 1. The molecule has 17 heavy (non-hydrogen) atoms. The molecule has 2 aromatic rings. The summed E-state index contributed by atoms with van der Waals surface area (Å²) in [7, 11) is 0. The SMILES string of the molecule is CSc1cccc(NCc2cc(C)sc2C)c1. The molecule has 0 unspecified atom stereocenters. The lowest BCUT2D eigenvalue weighted by atomic mass is 10.2. The van der Waals surface area contributed by atoms with Gasteiger partial charge in [-0.2, -0.15) is 0 Å². The van der Waals surface area contributed by atoms with Crippen LogP contribution in [0.1, 0.15) is 15.3 Å². The van der Waals surface area contributed by atoms with Crippen LogP contribution in [0.4, 0.5) is 5.69 Å². The second-order valence-corrected chi connectivity index (χ2v) is 6.36. The van der Waals surface area contributed by atoms with E-state index in [1.54, 1.807) is 11.8 Å². The van der Waals surface area contributed by atoms with E-state index < -0.39 is 0 Å². The molecule has 0 saturated carbocycles. The molecule has 0 aliphatic rings. The largest absolute Gasteiger partial charge is 0.381 e. The van der Waals surface area contributed by atoms with Crippen LogP contribution in [0.25, 0.3) is 0 Å². The first kappa shape index (κ1) is 12.5. The zero-order chi connectivity index (χ0) is 12.3. The number of anilines is 1. The van der Waals surface area contributed by atoms with E-state index in [0.717, 1.165) is 6.54 Å². The number of rotatable bonds is 4. The standard InChI is InChI=1S/C14H17NS2/c1-10-7-12(11(2)17-10)9-15-13-5-4-6-14(8-13)16-3/h4-8,15H,9H2,1-3H3. The molecule has 1 nitrogen and oxygen atoms in total. The fraction of sp³-hybridized carbons (Fsp3) is 0.286. The van der Waals surface area contributed by atoms with Crippen molar-refractivity contribution >= 4 is 28.8 Å². The van der Waals surface area contributed by atoms with Gasteiger partial charge in [0.05, 0.1) is 0 Å². The Morgan fingerprint density at radius 1 is 1.24 bits per heavy atom. The van der Waals surface area contributed by atoms with Crippen molar-refractivity contribution in [3.8, 4) is 0 Å². The summed E-state index contributed by atoms with van der Waals surface area (Å²) in [6.45, 7) is 5.26. The minimum Gasteiger partial charge on any atom is -0.381 e. The smallest absolute Gasteiger partial charge is 0.0411 e. The third-order valence-corrected chi connectivity index (χ3v) is 4.43. The van der Waals surface area contributed by atoms with Gasteiger partial charge in [0.15, 0.2) is 0 Å². The molecule has 0 aliphatic heterocycles. The van der Waals surface area contributed by atoms with E-state index in [9.17, 15) is 0 Å². The van der Waals surface area contributed by atoms with Gasteiger partial charge >= 0.3 is 0 Å². The highest BCUT2D eigenvalue weighted by molar-refractivity contribution is 7.98. The van der Waals surface area contributed by atoms with Crippen LogP contribution in [-0.4, -0.2) is 6.26 Å². The van der Waals surface area contributed by atoms with E-state index in [1.807, 2.05) is 11.3 Å². The molecule has 0 aliphatic carbocycles. The predicted octanol–water partition coefficient (Wildman–Crippen LogP) is 4.70. The topological polar surface area (TPSA) is 12.0 Å². The Bertz CT molecular complexity index is 503. The first-order chi connectivity index (χ1) is 8.19. The van der Waals surface area contributed by atoms with Gasteiger partial charge in [-0.3, -0.25) is 0 Å². The maximum Gasteiger partial charge on any atom is 0.0411 e. The van der Waals surface area contributed by atoms with Gasteiger partial charge in [-0.05, 0) is 49.9 Å². The highest BCUT2D eigenvalue weighted by Gasteiger charge is 2.02. The van der Waals surface area contributed by atoms with Gasteiger partial charge < -0.3 is 5.32 Å². The third kappa shape index (κ3) is 3.27. The first-order valence-corrected chi connectivity index (χ1v) is 7.67. The summed E-state index contributed by atoms with van der Waals surface area (Å²) in [5, 5.41) is 3.48. The molecule has 3 heteroatoms. The van der Waals surface area contributed by atoms with Crippen molar-refractivity contribution < 1.29 is 0 Å². The van der Waals surface area contributed by atoms with Crippen LogP contribution in [0.2, 0.25) is 0 Å². The normalized spacial score (nSPS) is 10.5. The average molecular weight is 263 g/mol. The summed E-state index contributed by atoms with van der Waals surface area (Å²) in [6, 6.07) is 10.8. The van der Waals surface area contributed by atoms with Crippen molar-refractivity contribution in [2.24, 2.45) is 0 Å². The first-order valence-electron chi connectivity index (χ1n) is 5.63. The Balaban J connectivity index is 2.04. The molecule has 0 amide bonds. The van der Waals surface area contributed by atoms with Crippen LogP contribution >= 0.6 is 23.1 Å². The van der Waals surface area contributed by atoms with E-state index in [1.165, 1.54) is 25.9 Å². The van der Waals surface area contributed by atoms with Gasteiger partial charge in [-0.15, -0.1) is 23.1 Å². The van der Waals surface area contributed by atoms with Crippen molar-refractivity contribution in [2.45, 2.75) is 25.3 Å². The number of thiophene rings is 1. The molecule has 0 fully saturated rings. The number of hydrogen-bond donors (Lipinski definition) is 1. The quantitative estimate of drug-likeness (QED) is 0.803. The van der Waals surface area contributed by atoms with Crippen LogP contribution in [-0.2, 0) is 6.54 Å². The lowest BCUT2D eigenvalue weighted by Gasteiger charge is -2.07. The molecule has 0 spiro atoms. The summed E-state index contributed by atoms with van der Waals surface area (Å²) >= 11 is 3.64. The van der Waals surface area contributed by atoms with Crippen molar-refractivity contribution in [1.82, 2.24) is 0 Å². The lowest BCUT2D eigenvalue weighted by molar-refractivity contribution is 1.14. The summed E-state index contributed by atoms with van der Waals surface area (Å²) in [4.78, 5) is 4.10. The molecule has 0 atom stereocenters. The van der Waals surface area contributed by atoms with E-state index in [2.05, 4.69) is 55.8 Å². The Kier molecular flexibility index (Phi) is 4.13. The Labute approximate surface area is 111 Å². The molecule has 0 bridgehead atoms. The van der Waals surface area contributed by atoms with Crippen LogP contribution in [0.3, 0.4) is 0 Å². The molecule has 0 saturated heterocycles. The van der Waals surface area contributed by atoms with E-state index >= 15 is 0 Å². The molecule has 1 N–H and O–H groups in total. The third-order valence-electron chi connectivity index (χ3n) is 2.70. The van der Waals surface area contributed by atoms with E-state index in [4.69, 9.17) is 0 Å². The molecular formula is C14H17NS2. The van der Waals surface area contributed by atoms with Gasteiger partial charge in [0, 0.05) is 26.9 Å². The van der Waals surface area contributed by atoms with Gasteiger partial charge in [0.2, 0.25) is 0 Å². The Hall–Kier alpha value is -0.930. The highest BCUT2D eigenvalue weighted by atomic mass is 32.2. The number of aryl methyl sites for hydroxylation is 2. The number of thioether (sulfide) groups is 1. The molecule has 0 radical (unpaired) electrons. The maximum atomic E-state index is 3.48. The number of hydrogen-bond acceptors (Lipinski definition) is 3. The van der Waals surface area contributed by atoms with Crippen molar-refractivity contribution in [1.29, 1.82) is 0 Å². The minimum atomic E-state index is 0.911. The van der Waals surface area contributed by atoms with Gasteiger partial charge in [-0.25, -0.2) is 0 Å². The summed E-state index contributed by atoms with van der Waals surface area (Å²) in [6.07, 6.45) is 2.10. The van der Waals surface area contributed by atoms with Crippen LogP contribution in [0, 0.1) is 13.8 Å². The van der Waals surface area contributed by atoms with Crippen LogP contribution in [0.15, 0.2) is 35.2 Å². The zero-order valence-corrected chi connectivity index (χ0v) is 12.0. The molecule has 2 rings (SSSR count). The predicted molar refractivity (Wildman–Crippen MR) is 79.3 cm³/mol. The molecule has 1 heterocycles. The van der Waals surface area contributed by atoms with Crippen molar-refractivity contribution in [3.05, 3.63) is 45.6 Å². The summed E-state index contributed by atoms with van der Waals surface area (Å²) < 4.78 is 0. The van der Waals surface area contributed by atoms with E-state index in [-0.39, 0.29) is 0 Å². The van der Waals surface area contributed by atoms with Gasteiger partial charge in [0.1, 0.15) is 0 Å². The van der Waals surface area contributed by atoms with Crippen LogP contribution < -0.4 is 5.32 Å². The minimum absolute atomic E-state index is 0.911. The molecular weight excluding hydrogens is 246 g/mol. The fourth-order valence-corrected chi connectivity index (χ4v) is 3.20. The molecule has 90 valence electrons. The molecule has 1 aromatic carbocycles. The Morgan fingerprint density at radius 3 is 2.71 bits per heavy atom. The highest BCUT2D eigenvalue weighted by Crippen LogP contribution is 2.23. The molecule has 1 aromatic heterocycles.